The van der Waals surface area contributed by atoms with Gasteiger partial charge in [-0.25, -0.2) is 25.3 Å². The maximum absolute atomic E-state index is 14.4. The Kier molecular flexibility index (Phi) is 18.9. The second kappa shape index (κ2) is 23.4. The summed E-state index contributed by atoms with van der Waals surface area (Å²) in [5.74, 6) is 0. The minimum atomic E-state index is -3.98. The van der Waals surface area contributed by atoms with Crippen LogP contribution < -0.4 is 0 Å². The maximum atomic E-state index is 14.4. The first-order valence-electron chi connectivity index (χ1n) is 24.6. The number of benzene rings is 3. The Bertz CT molecular complexity index is 2780. The minimum Gasteiger partial charge on any atom is -0.387 e. The number of rotatable bonds is 21. The van der Waals surface area contributed by atoms with Crippen molar-refractivity contribution in [3.8, 4) is 0 Å². The molecule has 2 aliphatic rings. The van der Waals surface area contributed by atoms with Gasteiger partial charge in [-0.15, -0.1) is 0 Å². The van der Waals surface area contributed by atoms with Crippen LogP contribution in [0.3, 0.4) is 0 Å². The van der Waals surface area contributed by atoms with E-state index in [1.807, 2.05) is 52.0 Å². The van der Waals surface area contributed by atoms with E-state index in [-0.39, 0.29) is 21.1 Å². The van der Waals surface area contributed by atoms with Crippen LogP contribution in [0.1, 0.15) is 140 Å². The Morgan fingerprint density at radius 1 is 0.536 bits per heavy atom. The van der Waals surface area contributed by atoms with Crippen LogP contribution in [0.5, 0.6) is 0 Å². The van der Waals surface area contributed by atoms with Gasteiger partial charge in [-0.3, -0.25) is 0 Å². The van der Waals surface area contributed by atoms with Crippen LogP contribution >= 0.6 is 0 Å². The molecule has 0 aromatic heterocycles. The largest absolute Gasteiger partial charge is 0.387 e. The Morgan fingerprint density at radius 2 is 0.884 bits per heavy atom. The smallest absolute Gasteiger partial charge is 0.187 e. The molecule has 0 radical (unpaired) electrons. The van der Waals surface area contributed by atoms with Crippen LogP contribution in [0.25, 0.3) is 0 Å². The highest BCUT2D eigenvalue weighted by atomic mass is 32.2. The molecule has 69 heavy (non-hydrogen) atoms. The van der Waals surface area contributed by atoms with Crippen molar-refractivity contribution < 1.29 is 35.5 Å². The van der Waals surface area contributed by atoms with Crippen molar-refractivity contribution in [1.29, 1.82) is 0 Å². The van der Waals surface area contributed by atoms with Crippen LogP contribution in [0.2, 0.25) is 0 Å². The molecule has 2 N–H and O–H groups in total. The minimum absolute atomic E-state index is 0.176. The summed E-state index contributed by atoms with van der Waals surface area (Å²) in [6.07, 6.45) is 12.4. The summed E-state index contributed by atoms with van der Waals surface area (Å²) in [6, 6.07) is 25.2. The second-order valence-corrected chi connectivity index (χ2v) is 27.3. The first kappa shape index (κ1) is 55.8. The summed E-state index contributed by atoms with van der Waals surface area (Å²) in [6.45, 7) is 19.7. The van der Waals surface area contributed by atoms with Gasteiger partial charge in [0.25, 0.3) is 0 Å². The number of aliphatic hydroxyl groups excluding tert-OH is 2. The highest BCUT2D eigenvalue weighted by Crippen LogP contribution is 2.48. The first-order chi connectivity index (χ1) is 32.3. The van der Waals surface area contributed by atoms with Crippen molar-refractivity contribution in [2.45, 2.75) is 183 Å². The molecule has 2 aliphatic carbocycles. The lowest BCUT2D eigenvalue weighted by atomic mass is 9.70. The monoisotopic (exact) mass is 998 g/mol. The molecule has 5 atom stereocenters. The molecule has 0 fully saturated rings. The van der Waals surface area contributed by atoms with Crippen LogP contribution in [0.15, 0.2) is 175 Å². The van der Waals surface area contributed by atoms with Gasteiger partial charge < -0.3 is 10.2 Å². The third kappa shape index (κ3) is 13.4. The topological polar surface area (TPSA) is 143 Å². The summed E-state index contributed by atoms with van der Waals surface area (Å²) in [5, 5.41) is 20.9. The Labute approximate surface area is 415 Å². The lowest BCUT2D eigenvalue weighted by molar-refractivity contribution is 0.197. The van der Waals surface area contributed by atoms with E-state index in [4.69, 9.17) is 0 Å². The van der Waals surface area contributed by atoms with Gasteiger partial charge in [-0.2, -0.15) is 0 Å². The molecule has 0 bridgehead atoms. The van der Waals surface area contributed by atoms with Gasteiger partial charge in [0.2, 0.25) is 0 Å². The van der Waals surface area contributed by atoms with Crippen molar-refractivity contribution >= 4 is 29.5 Å². The zero-order valence-corrected chi connectivity index (χ0v) is 45.2. The fourth-order valence-corrected chi connectivity index (χ4v) is 16.8. The number of hydrogen-bond acceptors (Lipinski definition) is 8. The molecule has 11 heteroatoms. The Morgan fingerprint density at radius 3 is 1.25 bits per heavy atom. The van der Waals surface area contributed by atoms with Crippen LogP contribution in [0, 0.1) is 10.8 Å². The summed E-state index contributed by atoms with van der Waals surface area (Å²) in [4.78, 5) is 0.587. The lowest BCUT2D eigenvalue weighted by Gasteiger charge is -2.40. The average Bonchev–Trinajstić information content (AvgIpc) is 3.30. The number of sulfone groups is 3. The van der Waals surface area contributed by atoms with Gasteiger partial charge in [0, 0.05) is 0 Å². The SMILES string of the molecule is CC1=C(C(C(O)/C(C)=C/CC/C(C)=C/CC(/C=C(\C)CC/C=C(\C)C(O)C(C2=C(C)CCCC2(C)C)S(=O)(=O)c2ccccc2)S(=O)(=O)c2ccccc2)S(=O)(=O)c2ccccc2)C(C)(C)CCC1. The molecule has 5 rings (SSSR count). The molecule has 0 aliphatic heterocycles. The van der Waals surface area contributed by atoms with E-state index in [0.29, 0.717) is 36.8 Å². The van der Waals surface area contributed by atoms with Crippen LogP contribution in [-0.2, 0) is 29.5 Å². The number of allylic oxidation sites excluding steroid dienone is 7. The molecular weight excluding hydrogens is 921 g/mol. The van der Waals surface area contributed by atoms with Gasteiger partial charge in [0.15, 0.2) is 29.5 Å². The third-order valence-electron chi connectivity index (χ3n) is 14.6. The third-order valence-corrected chi connectivity index (χ3v) is 20.9. The van der Waals surface area contributed by atoms with E-state index in [1.165, 1.54) is 0 Å². The van der Waals surface area contributed by atoms with Gasteiger partial charge in [-0.1, -0.05) is 129 Å². The van der Waals surface area contributed by atoms with Crippen molar-refractivity contribution in [3.05, 3.63) is 160 Å². The van der Waals surface area contributed by atoms with Crippen molar-refractivity contribution in [2.24, 2.45) is 10.8 Å². The van der Waals surface area contributed by atoms with E-state index < -0.39 is 68.3 Å². The van der Waals surface area contributed by atoms with Gasteiger partial charge in [0.05, 0.1) is 32.1 Å². The lowest BCUT2D eigenvalue weighted by Crippen LogP contribution is -2.42. The quantitative estimate of drug-likeness (QED) is 0.100. The standard InChI is InChI=1S/C58H78O8S3/c1-41(24-20-26-45(5)53(59)55(51-43(3)28-22-38-57(51,7)8)68(63,64)48-32-16-12-17-33-48)36-37-50(67(61,62)47-30-14-11-15-31-47)40-42(2)25-21-27-46(6)54(60)56(52-44(4)29-23-39-58(52,9)10)69(65,66)49-34-18-13-19-35-49/h11-19,26-27,30-36,40,50,53-56,59-60H,20-25,28-29,37-39H2,1-10H3/b41-36+,42-40+,45-26+,46-27+. The van der Waals surface area contributed by atoms with E-state index in [1.54, 1.807) is 105 Å². The highest BCUT2D eigenvalue weighted by molar-refractivity contribution is 7.93. The van der Waals surface area contributed by atoms with Crippen LogP contribution in [-0.4, -0.2) is 63.4 Å². The van der Waals surface area contributed by atoms with Crippen molar-refractivity contribution in [3.63, 3.8) is 0 Å². The van der Waals surface area contributed by atoms with Crippen molar-refractivity contribution in [2.75, 3.05) is 0 Å². The fourth-order valence-electron chi connectivity index (χ4n) is 10.7. The zero-order chi connectivity index (χ0) is 51.0. The van der Waals surface area contributed by atoms with E-state index >= 15 is 0 Å². The summed E-state index contributed by atoms with van der Waals surface area (Å²) in [5.41, 5.74) is 5.72. The highest BCUT2D eigenvalue weighted by Gasteiger charge is 2.46. The predicted molar refractivity (Wildman–Crippen MR) is 283 cm³/mol. The molecular formula is C58H78O8S3. The number of hydrogen-bond donors (Lipinski definition) is 2. The van der Waals surface area contributed by atoms with Gasteiger partial charge in [0.1, 0.15) is 10.5 Å². The molecule has 3 aromatic rings. The van der Waals surface area contributed by atoms with Crippen LogP contribution in [0.4, 0.5) is 0 Å². The molecule has 0 saturated heterocycles. The fraction of sp³-hybridized carbons (Fsp3) is 0.483. The summed E-state index contributed by atoms with van der Waals surface area (Å²) in [7, 11) is -11.7. The molecule has 0 spiro atoms. The van der Waals surface area contributed by atoms with Gasteiger partial charge >= 0.3 is 0 Å². The molecule has 5 unspecified atom stereocenters. The van der Waals surface area contributed by atoms with Gasteiger partial charge in [-0.05, 0) is 182 Å². The molecule has 0 heterocycles. The Hall–Kier alpha value is -4.13. The molecule has 0 amide bonds. The molecule has 8 nitrogen and oxygen atoms in total. The predicted octanol–water partition coefficient (Wildman–Crippen LogP) is 13.0. The van der Waals surface area contributed by atoms with E-state index in [9.17, 15) is 35.5 Å². The average molecular weight is 999 g/mol. The first-order valence-corrected chi connectivity index (χ1v) is 29.3. The summed E-state index contributed by atoms with van der Waals surface area (Å²) < 4.78 is 86.0. The molecule has 0 saturated carbocycles. The summed E-state index contributed by atoms with van der Waals surface area (Å²) >= 11 is 0. The normalized spacial score (nSPS) is 20.1. The number of aliphatic hydroxyl groups is 2. The van der Waals surface area contributed by atoms with E-state index in [2.05, 4.69) is 27.7 Å². The molecule has 3 aromatic carbocycles. The second-order valence-electron chi connectivity index (χ2n) is 21.0. The zero-order valence-electron chi connectivity index (χ0n) is 42.7. The van der Waals surface area contributed by atoms with Crippen molar-refractivity contribution in [1.82, 2.24) is 0 Å². The maximum Gasteiger partial charge on any atom is 0.187 e. The molecule has 376 valence electrons. The van der Waals surface area contributed by atoms with E-state index in [0.717, 1.165) is 72.0 Å². The Balaban J connectivity index is 1.35.